The van der Waals surface area contributed by atoms with Crippen LogP contribution in [0.1, 0.15) is 38.9 Å². The standard InChI is InChI=1S/C13H19N5O3S.ClH/c1-8(2)18-22(19,20)9-6-10(15-7-9)11-16-12(17-21-11)13(14)4-3-5-13;/h6-8,15,18H,3-5,14H2,1-2H3;1H. The van der Waals surface area contributed by atoms with Crippen molar-refractivity contribution in [2.75, 3.05) is 0 Å². The maximum Gasteiger partial charge on any atom is 0.274 e. The summed E-state index contributed by atoms with van der Waals surface area (Å²) in [5.41, 5.74) is 6.08. The molecule has 0 aromatic carbocycles. The van der Waals surface area contributed by atoms with Gasteiger partial charge in [0.15, 0.2) is 5.82 Å². The lowest BCUT2D eigenvalue weighted by Gasteiger charge is -2.34. The molecule has 1 saturated carbocycles. The molecule has 8 nitrogen and oxygen atoms in total. The van der Waals surface area contributed by atoms with Gasteiger partial charge >= 0.3 is 0 Å². The van der Waals surface area contributed by atoms with Crippen molar-refractivity contribution < 1.29 is 12.9 Å². The zero-order chi connectivity index (χ0) is 16.0. The minimum Gasteiger partial charge on any atom is -0.356 e. The van der Waals surface area contributed by atoms with Crippen LogP contribution in [0.4, 0.5) is 0 Å². The van der Waals surface area contributed by atoms with Crippen molar-refractivity contribution in [3.63, 3.8) is 0 Å². The minimum atomic E-state index is -3.56. The zero-order valence-corrected chi connectivity index (χ0v) is 14.5. The average molecular weight is 362 g/mol. The first kappa shape index (κ1) is 17.9. The molecule has 23 heavy (non-hydrogen) atoms. The Morgan fingerprint density at radius 2 is 2.13 bits per heavy atom. The van der Waals surface area contributed by atoms with Crippen molar-refractivity contribution in [2.45, 2.75) is 49.6 Å². The molecule has 1 aliphatic rings. The fraction of sp³-hybridized carbons (Fsp3) is 0.538. The van der Waals surface area contributed by atoms with E-state index in [9.17, 15) is 8.42 Å². The Hall–Kier alpha value is -1.42. The Balaban J connectivity index is 0.00000192. The number of nitrogens with two attached hydrogens (primary N) is 1. The van der Waals surface area contributed by atoms with E-state index in [-0.39, 0.29) is 29.2 Å². The molecular formula is C13H20ClN5O3S. The van der Waals surface area contributed by atoms with Gasteiger partial charge in [-0.05, 0) is 39.2 Å². The Morgan fingerprint density at radius 3 is 2.70 bits per heavy atom. The molecule has 128 valence electrons. The summed E-state index contributed by atoms with van der Waals surface area (Å²) in [5.74, 6) is 0.700. The molecule has 0 unspecified atom stereocenters. The van der Waals surface area contributed by atoms with Gasteiger partial charge in [0.25, 0.3) is 5.89 Å². The maximum absolute atomic E-state index is 12.1. The molecule has 0 aliphatic heterocycles. The first-order chi connectivity index (χ1) is 10.3. The topological polar surface area (TPSA) is 127 Å². The molecule has 2 aromatic rings. The molecule has 0 radical (unpaired) electrons. The van der Waals surface area contributed by atoms with Gasteiger partial charge in [-0.3, -0.25) is 0 Å². The van der Waals surface area contributed by atoms with Crippen LogP contribution in [0, 0.1) is 0 Å². The Labute approximate surface area is 140 Å². The smallest absolute Gasteiger partial charge is 0.274 e. The summed E-state index contributed by atoms with van der Waals surface area (Å²) in [4.78, 5) is 7.25. The van der Waals surface area contributed by atoms with Crippen molar-refractivity contribution in [1.82, 2.24) is 19.8 Å². The summed E-state index contributed by atoms with van der Waals surface area (Å²) in [7, 11) is -3.56. The molecule has 4 N–H and O–H groups in total. The highest BCUT2D eigenvalue weighted by Crippen LogP contribution is 2.37. The SMILES string of the molecule is CC(C)NS(=O)(=O)c1c[nH]c(-c2nc(C3(N)CCC3)no2)c1.Cl. The van der Waals surface area contributed by atoms with Crippen molar-refractivity contribution >= 4 is 22.4 Å². The second-order valence-corrected chi connectivity index (χ2v) is 7.67. The molecule has 2 aromatic heterocycles. The number of sulfonamides is 1. The number of halogens is 1. The summed E-state index contributed by atoms with van der Waals surface area (Å²) >= 11 is 0. The fourth-order valence-corrected chi connectivity index (χ4v) is 3.59. The van der Waals surface area contributed by atoms with E-state index < -0.39 is 15.6 Å². The highest BCUT2D eigenvalue weighted by atomic mass is 35.5. The third-order valence-electron chi connectivity index (χ3n) is 3.71. The van der Waals surface area contributed by atoms with E-state index in [4.69, 9.17) is 10.3 Å². The third-order valence-corrected chi connectivity index (χ3v) is 5.34. The van der Waals surface area contributed by atoms with E-state index in [0.29, 0.717) is 11.5 Å². The maximum atomic E-state index is 12.1. The highest BCUT2D eigenvalue weighted by Gasteiger charge is 2.39. The Kier molecular flexibility index (Phi) is 4.86. The van der Waals surface area contributed by atoms with Gasteiger partial charge in [-0.25, -0.2) is 13.1 Å². The molecule has 0 saturated heterocycles. The van der Waals surface area contributed by atoms with Gasteiger partial charge in [-0.2, -0.15) is 4.98 Å². The first-order valence-corrected chi connectivity index (χ1v) is 8.63. The molecule has 0 bridgehead atoms. The van der Waals surface area contributed by atoms with E-state index in [1.165, 1.54) is 12.3 Å². The number of nitrogens with zero attached hydrogens (tertiary/aromatic N) is 2. The predicted octanol–water partition coefficient (Wildman–Crippen LogP) is 1.51. The largest absolute Gasteiger partial charge is 0.356 e. The van der Waals surface area contributed by atoms with Crippen LogP contribution in [0.2, 0.25) is 0 Å². The van der Waals surface area contributed by atoms with E-state index in [1.807, 2.05) is 0 Å². The molecule has 1 fully saturated rings. The number of aromatic nitrogens is 3. The van der Waals surface area contributed by atoms with E-state index >= 15 is 0 Å². The van der Waals surface area contributed by atoms with E-state index in [2.05, 4.69) is 19.8 Å². The summed E-state index contributed by atoms with van der Waals surface area (Å²) in [6, 6.07) is 1.28. The van der Waals surface area contributed by atoms with Gasteiger partial charge in [0.1, 0.15) is 10.6 Å². The average Bonchev–Trinajstić information content (AvgIpc) is 3.03. The monoisotopic (exact) mass is 361 g/mol. The summed E-state index contributed by atoms with van der Waals surface area (Å²) in [6.07, 6.45) is 4.10. The number of hydrogen-bond donors (Lipinski definition) is 3. The zero-order valence-electron chi connectivity index (χ0n) is 12.9. The normalized spacial score (nSPS) is 16.9. The third kappa shape index (κ3) is 3.42. The lowest BCUT2D eigenvalue weighted by molar-refractivity contribution is 0.229. The van der Waals surface area contributed by atoms with Gasteiger partial charge in [-0.1, -0.05) is 5.16 Å². The van der Waals surface area contributed by atoms with Crippen molar-refractivity contribution in [3.05, 3.63) is 18.1 Å². The summed E-state index contributed by atoms with van der Waals surface area (Å²) < 4.78 is 31.9. The number of H-pyrrole nitrogens is 1. The van der Waals surface area contributed by atoms with Gasteiger partial charge < -0.3 is 15.2 Å². The Morgan fingerprint density at radius 1 is 1.43 bits per heavy atom. The molecule has 0 amide bonds. The van der Waals surface area contributed by atoms with Crippen LogP contribution in [-0.4, -0.2) is 29.6 Å². The predicted molar refractivity (Wildman–Crippen MR) is 86.5 cm³/mol. The van der Waals surface area contributed by atoms with Gasteiger partial charge in [0.05, 0.1) is 5.54 Å². The van der Waals surface area contributed by atoms with E-state index in [1.54, 1.807) is 13.8 Å². The fourth-order valence-electron chi connectivity index (χ4n) is 2.35. The lowest BCUT2D eigenvalue weighted by atomic mass is 9.77. The van der Waals surface area contributed by atoms with Crippen molar-refractivity contribution in [3.8, 4) is 11.6 Å². The Bertz CT molecular complexity index is 779. The summed E-state index contributed by atoms with van der Waals surface area (Å²) in [6.45, 7) is 3.52. The number of aromatic amines is 1. The second kappa shape index (κ2) is 6.23. The van der Waals surface area contributed by atoms with Gasteiger partial charge in [0, 0.05) is 12.2 Å². The van der Waals surface area contributed by atoms with Gasteiger partial charge in [-0.15, -0.1) is 12.4 Å². The number of nitrogens with one attached hydrogen (secondary N) is 2. The van der Waals surface area contributed by atoms with Gasteiger partial charge in [0.2, 0.25) is 10.0 Å². The molecule has 0 atom stereocenters. The lowest BCUT2D eigenvalue weighted by Crippen LogP contribution is -2.44. The molecular weight excluding hydrogens is 342 g/mol. The quantitative estimate of drug-likeness (QED) is 0.740. The molecule has 3 rings (SSSR count). The molecule has 0 spiro atoms. The van der Waals surface area contributed by atoms with Crippen LogP contribution in [-0.2, 0) is 15.6 Å². The second-order valence-electron chi connectivity index (χ2n) is 5.96. The van der Waals surface area contributed by atoms with Crippen molar-refractivity contribution in [1.29, 1.82) is 0 Å². The number of hydrogen-bond acceptors (Lipinski definition) is 6. The number of rotatable bonds is 5. The summed E-state index contributed by atoms with van der Waals surface area (Å²) in [5, 5.41) is 3.91. The van der Waals surface area contributed by atoms with Crippen molar-refractivity contribution in [2.24, 2.45) is 5.73 Å². The first-order valence-electron chi connectivity index (χ1n) is 7.14. The molecule has 10 heteroatoms. The van der Waals surface area contributed by atoms with Crippen LogP contribution in [0.25, 0.3) is 11.6 Å². The van der Waals surface area contributed by atoms with E-state index in [0.717, 1.165) is 19.3 Å². The van der Waals surface area contributed by atoms with Crippen LogP contribution >= 0.6 is 12.4 Å². The molecule has 2 heterocycles. The van der Waals surface area contributed by atoms with Crippen LogP contribution in [0.5, 0.6) is 0 Å². The van der Waals surface area contributed by atoms with Crippen LogP contribution in [0.15, 0.2) is 21.7 Å². The highest BCUT2D eigenvalue weighted by molar-refractivity contribution is 7.89. The van der Waals surface area contributed by atoms with Crippen LogP contribution in [0.3, 0.4) is 0 Å². The van der Waals surface area contributed by atoms with Crippen LogP contribution < -0.4 is 10.5 Å². The molecule has 1 aliphatic carbocycles. The minimum absolute atomic E-state index is 0.